The molecule has 1 fully saturated rings. The Morgan fingerprint density at radius 3 is 2.73 bits per heavy atom. The van der Waals surface area contributed by atoms with Crippen LogP contribution in [0.5, 0.6) is 0 Å². The van der Waals surface area contributed by atoms with Crippen molar-refractivity contribution in [2.24, 2.45) is 0 Å². The summed E-state index contributed by atoms with van der Waals surface area (Å²) in [6, 6.07) is 9.60. The molecular formula is C23H17FN4O5. The van der Waals surface area contributed by atoms with Gasteiger partial charge in [0.15, 0.2) is 0 Å². The monoisotopic (exact) mass is 448 g/mol. The van der Waals surface area contributed by atoms with Crippen molar-refractivity contribution in [1.82, 2.24) is 15.2 Å². The van der Waals surface area contributed by atoms with E-state index in [1.54, 1.807) is 24.3 Å². The molecule has 1 atom stereocenters. The van der Waals surface area contributed by atoms with Crippen molar-refractivity contribution in [3.05, 3.63) is 71.4 Å². The topological polar surface area (TPSA) is 122 Å². The number of carbonyl (C=O) groups is 4. The first-order valence-electron chi connectivity index (χ1n) is 10.2. The Balaban J connectivity index is 1.36. The van der Waals surface area contributed by atoms with Crippen molar-refractivity contribution < 1.29 is 28.0 Å². The summed E-state index contributed by atoms with van der Waals surface area (Å²) in [7, 11) is 0. The third-order valence-corrected chi connectivity index (χ3v) is 5.55. The van der Waals surface area contributed by atoms with Gasteiger partial charge in [0.2, 0.25) is 17.7 Å². The zero-order chi connectivity index (χ0) is 23.1. The summed E-state index contributed by atoms with van der Waals surface area (Å²) in [6.45, 7) is 0.151. The number of amides is 4. The van der Waals surface area contributed by atoms with E-state index in [0.29, 0.717) is 17.0 Å². The van der Waals surface area contributed by atoms with Crippen LogP contribution < -0.4 is 10.6 Å². The van der Waals surface area contributed by atoms with E-state index in [2.05, 4.69) is 15.6 Å². The second-order valence-corrected chi connectivity index (χ2v) is 7.67. The van der Waals surface area contributed by atoms with Gasteiger partial charge in [-0.25, -0.2) is 9.37 Å². The Hall–Kier alpha value is -4.34. The Morgan fingerprint density at radius 2 is 1.94 bits per heavy atom. The van der Waals surface area contributed by atoms with Crippen molar-refractivity contribution in [2.75, 3.05) is 5.32 Å². The predicted molar refractivity (Wildman–Crippen MR) is 112 cm³/mol. The molecule has 166 valence electrons. The molecule has 0 radical (unpaired) electrons. The number of halogens is 1. The van der Waals surface area contributed by atoms with Gasteiger partial charge in [-0.05, 0) is 36.8 Å². The van der Waals surface area contributed by atoms with E-state index >= 15 is 0 Å². The smallest absolute Gasteiger partial charge is 0.264 e. The lowest BCUT2D eigenvalue weighted by molar-refractivity contribution is -0.136. The predicted octanol–water partition coefficient (Wildman–Crippen LogP) is 2.49. The van der Waals surface area contributed by atoms with Gasteiger partial charge in [0, 0.05) is 17.7 Å². The van der Waals surface area contributed by atoms with Crippen LogP contribution in [0.4, 0.5) is 10.1 Å². The minimum Gasteiger partial charge on any atom is -0.439 e. The van der Waals surface area contributed by atoms with Gasteiger partial charge in [-0.15, -0.1) is 0 Å². The van der Waals surface area contributed by atoms with Crippen molar-refractivity contribution in [2.45, 2.75) is 25.4 Å². The minimum atomic E-state index is -1.04. The summed E-state index contributed by atoms with van der Waals surface area (Å²) < 4.78 is 19.1. The lowest BCUT2D eigenvalue weighted by Crippen LogP contribution is -2.54. The number of nitrogens with one attached hydrogen (secondary N) is 2. The molecule has 2 aromatic carbocycles. The molecule has 4 amide bonds. The average Bonchev–Trinajstić information content (AvgIpc) is 3.37. The van der Waals surface area contributed by atoms with Crippen LogP contribution in [-0.2, 0) is 16.1 Å². The number of rotatable bonds is 5. The minimum absolute atomic E-state index is 0.0497. The van der Waals surface area contributed by atoms with E-state index < -0.39 is 35.5 Å². The van der Waals surface area contributed by atoms with Crippen molar-refractivity contribution in [3.8, 4) is 11.5 Å². The highest BCUT2D eigenvalue weighted by Gasteiger charge is 2.45. The molecule has 0 aliphatic carbocycles. The molecule has 5 rings (SSSR count). The van der Waals surface area contributed by atoms with Crippen molar-refractivity contribution >= 4 is 29.3 Å². The largest absolute Gasteiger partial charge is 0.439 e. The van der Waals surface area contributed by atoms with Gasteiger partial charge in [0.25, 0.3) is 11.8 Å². The number of hydrogen-bond acceptors (Lipinski definition) is 7. The lowest BCUT2D eigenvalue weighted by Gasteiger charge is -2.27. The van der Waals surface area contributed by atoms with Crippen LogP contribution in [0.15, 0.2) is 53.1 Å². The molecule has 2 aliphatic rings. The van der Waals surface area contributed by atoms with Crippen LogP contribution >= 0.6 is 0 Å². The number of nitrogens with zero attached hydrogens (tertiary/aromatic N) is 2. The van der Waals surface area contributed by atoms with Crippen molar-refractivity contribution in [1.29, 1.82) is 0 Å². The summed E-state index contributed by atoms with van der Waals surface area (Å²) in [5.74, 6) is -2.01. The van der Waals surface area contributed by atoms with E-state index in [-0.39, 0.29) is 36.4 Å². The Kier molecular flexibility index (Phi) is 4.97. The van der Waals surface area contributed by atoms with E-state index in [4.69, 9.17) is 4.42 Å². The van der Waals surface area contributed by atoms with Gasteiger partial charge in [-0.3, -0.25) is 29.4 Å². The number of hydrogen-bond donors (Lipinski definition) is 2. The molecule has 3 aromatic rings. The molecule has 0 saturated carbocycles. The van der Waals surface area contributed by atoms with Crippen LogP contribution in [0, 0.1) is 5.82 Å². The third-order valence-electron chi connectivity index (χ3n) is 5.55. The van der Waals surface area contributed by atoms with Gasteiger partial charge < -0.3 is 9.73 Å². The lowest BCUT2D eigenvalue weighted by atomic mass is 10.0. The average molecular weight is 448 g/mol. The van der Waals surface area contributed by atoms with E-state index in [9.17, 15) is 23.6 Å². The first-order chi connectivity index (χ1) is 15.9. The number of anilines is 1. The summed E-state index contributed by atoms with van der Waals surface area (Å²) in [6.07, 6.45) is 1.62. The first-order valence-corrected chi connectivity index (χ1v) is 10.2. The van der Waals surface area contributed by atoms with Gasteiger partial charge in [-0.1, -0.05) is 12.1 Å². The molecule has 0 bridgehead atoms. The molecule has 1 saturated heterocycles. The summed E-state index contributed by atoms with van der Waals surface area (Å²) in [5.41, 5.74) is 1.21. The summed E-state index contributed by atoms with van der Waals surface area (Å²) in [5, 5.41) is 5.24. The molecule has 2 aliphatic heterocycles. The molecule has 9 nitrogen and oxygen atoms in total. The number of imide groups is 2. The molecule has 2 N–H and O–H groups in total. The Morgan fingerprint density at radius 1 is 1.12 bits per heavy atom. The summed E-state index contributed by atoms with van der Waals surface area (Å²) in [4.78, 5) is 54.7. The fourth-order valence-electron chi connectivity index (χ4n) is 3.99. The number of piperidine rings is 1. The Labute approximate surface area is 186 Å². The molecule has 1 aromatic heterocycles. The molecular weight excluding hydrogens is 431 g/mol. The fourth-order valence-corrected chi connectivity index (χ4v) is 3.99. The van der Waals surface area contributed by atoms with Gasteiger partial charge in [0.1, 0.15) is 17.6 Å². The highest BCUT2D eigenvalue weighted by molar-refractivity contribution is 6.25. The Bertz CT molecular complexity index is 1320. The SMILES string of the molecule is O=C1CCC(N2C(=O)c3cccc(NCc4cnc(-c5cccc(F)c5)o4)c3C2=O)C(=O)N1. The highest BCUT2D eigenvalue weighted by Crippen LogP contribution is 2.32. The maximum atomic E-state index is 13.4. The van der Waals surface area contributed by atoms with Gasteiger partial charge >= 0.3 is 0 Å². The molecule has 3 heterocycles. The third kappa shape index (κ3) is 3.65. The number of fused-ring (bicyclic) bond motifs is 1. The second-order valence-electron chi connectivity index (χ2n) is 7.67. The second kappa shape index (κ2) is 7.97. The number of carbonyl (C=O) groups excluding carboxylic acids is 4. The molecule has 33 heavy (non-hydrogen) atoms. The maximum Gasteiger partial charge on any atom is 0.264 e. The number of oxazole rings is 1. The van der Waals surface area contributed by atoms with Crippen LogP contribution in [0.3, 0.4) is 0 Å². The van der Waals surface area contributed by atoms with Crippen LogP contribution in [0.2, 0.25) is 0 Å². The standard InChI is InChI=1S/C23H17FN4O5/c24-13-4-1-3-12(9-13)21-26-11-14(33-21)10-25-16-6-2-5-15-19(16)23(32)28(22(15)31)17-7-8-18(29)27-20(17)30/h1-6,9,11,17,25H,7-8,10H2,(H,27,29,30). The number of aromatic nitrogens is 1. The normalized spacial score (nSPS) is 17.8. The molecule has 1 unspecified atom stereocenters. The molecule has 10 heteroatoms. The van der Waals surface area contributed by atoms with Crippen LogP contribution in [0.1, 0.15) is 39.3 Å². The first kappa shape index (κ1) is 20.6. The summed E-state index contributed by atoms with van der Waals surface area (Å²) >= 11 is 0. The molecule has 0 spiro atoms. The quantitative estimate of drug-likeness (QED) is 0.575. The van der Waals surface area contributed by atoms with Crippen LogP contribution in [-0.4, -0.2) is 39.6 Å². The van der Waals surface area contributed by atoms with E-state index in [1.807, 2.05) is 0 Å². The zero-order valence-electron chi connectivity index (χ0n) is 17.1. The van der Waals surface area contributed by atoms with E-state index in [1.165, 1.54) is 24.4 Å². The van der Waals surface area contributed by atoms with E-state index in [0.717, 1.165) is 4.90 Å². The van der Waals surface area contributed by atoms with Crippen LogP contribution in [0.25, 0.3) is 11.5 Å². The fraction of sp³-hybridized carbons (Fsp3) is 0.174. The van der Waals surface area contributed by atoms with Gasteiger partial charge in [-0.2, -0.15) is 0 Å². The number of benzene rings is 2. The van der Waals surface area contributed by atoms with Gasteiger partial charge in [0.05, 0.1) is 23.9 Å². The maximum absolute atomic E-state index is 13.4. The zero-order valence-corrected chi connectivity index (χ0v) is 17.1. The highest BCUT2D eigenvalue weighted by atomic mass is 19.1. The van der Waals surface area contributed by atoms with Crippen molar-refractivity contribution in [3.63, 3.8) is 0 Å².